The van der Waals surface area contributed by atoms with E-state index in [1.165, 1.54) is 0 Å². The maximum absolute atomic E-state index is 12.9. The summed E-state index contributed by atoms with van der Waals surface area (Å²) < 4.78 is 0. The van der Waals surface area contributed by atoms with Crippen LogP contribution in [0.1, 0.15) is 36.0 Å². The Morgan fingerprint density at radius 3 is 2.43 bits per heavy atom. The number of thiazole rings is 1. The highest BCUT2D eigenvalue weighted by atomic mass is 35.5. The number of carbonyl (C=O) groups is 1. The van der Waals surface area contributed by atoms with Gasteiger partial charge in [0.25, 0.3) is 5.91 Å². The number of halogens is 1. The Kier molecular flexibility index (Phi) is 5.25. The van der Waals surface area contributed by atoms with Crippen LogP contribution in [0.15, 0.2) is 60.0 Å². The molecule has 2 bridgehead atoms. The number of nitrogens with zero attached hydrogens (tertiary/aromatic N) is 3. The van der Waals surface area contributed by atoms with Crippen LogP contribution in [-0.4, -0.2) is 41.0 Å². The van der Waals surface area contributed by atoms with Gasteiger partial charge in [-0.2, -0.15) is 0 Å². The molecule has 0 spiro atoms. The van der Waals surface area contributed by atoms with Gasteiger partial charge in [-0.05, 0) is 43.9 Å². The maximum atomic E-state index is 12.9. The predicted octanol–water partition coefficient (Wildman–Crippen LogP) is 5.74. The van der Waals surface area contributed by atoms with Crippen molar-refractivity contribution in [1.82, 2.24) is 9.88 Å². The lowest BCUT2D eigenvalue weighted by Gasteiger charge is -2.42. The van der Waals surface area contributed by atoms with Crippen molar-refractivity contribution in [3.63, 3.8) is 0 Å². The zero-order chi connectivity index (χ0) is 20.7. The highest BCUT2D eigenvalue weighted by molar-refractivity contribution is 7.14. The number of piperidine rings is 1. The summed E-state index contributed by atoms with van der Waals surface area (Å²) in [5, 5.41) is 3.91. The van der Waals surface area contributed by atoms with Gasteiger partial charge in [-0.3, -0.25) is 4.79 Å². The zero-order valence-corrected chi connectivity index (χ0v) is 18.4. The van der Waals surface area contributed by atoms with Crippen LogP contribution in [0.3, 0.4) is 0 Å². The first-order chi connectivity index (χ1) is 14.6. The third-order valence-electron chi connectivity index (χ3n) is 6.46. The molecule has 154 valence electrons. The van der Waals surface area contributed by atoms with Gasteiger partial charge in [0, 0.05) is 46.7 Å². The van der Waals surface area contributed by atoms with Crippen LogP contribution in [0.25, 0.3) is 11.3 Å². The van der Waals surface area contributed by atoms with Crippen molar-refractivity contribution < 1.29 is 4.79 Å². The predicted molar refractivity (Wildman–Crippen MR) is 123 cm³/mol. The average molecular weight is 438 g/mol. The van der Waals surface area contributed by atoms with E-state index in [1.54, 1.807) is 11.3 Å². The number of carbonyl (C=O) groups excluding carboxylic acids is 1. The molecule has 30 heavy (non-hydrogen) atoms. The SMILES string of the molecule is CN(C(=O)c1ccccc1)C1CC2CCC(C1)N2c1nc(-c2ccccc2Cl)cs1. The van der Waals surface area contributed by atoms with Crippen LogP contribution in [0, 0.1) is 0 Å². The first-order valence-corrected chi connectivity index (χ1v) is 11.7. The topological polar surface area (TPSA) is 36.4 Å². The summed E-state index contributed by atoms with van der Waals surface area (Å²) in [6.07, 6.45) is 4.31. The summed E-state index contributed by atoms with van der Waals surface area (Å²) in [4.78, 5) is 22.3. The molecular formula is C24H24ClN3OS. The Bertz CT molecular complexity index is 1040. The van der Waals surface area contributed by atoms with Crippen LogP contribution in [0.4, 0.5) is 5.13 Å². The lowest BCUT2D eigenvalue weighted by molar-refractivity contribution is 0.0693. The van der Waals surface area contributed by atoms with E-state index in [2.05, 4.69) is 10.3 Å². The van der Waals surface area contributed by atoms with E-state index < -0.39 is 0 Å². The molecule has 4 nitrogen and oxygen atoms in total. The summed E-state index contributed by atoms with van der Waals surface area (Å²) in [6.45, 7) is 0. The molecule has 6 heteroatoms. The van der Waals surface area contributed by atoms with Gasteiger partial charge in [-0.15, -0.1) is 11.3 Å². The second-order valence-corrected chi connectivity index (χ2v) is 9.44. The number of amides is 1. The highest BCUT2D eigenvalue weighted by Crippen LogP contribution is 2.43. The molecule has 0 N–H and O–H groups in total. The molecule has 3 heterocycles. The van der Waals surface area contributed by atoms with Crippen molar-refractivity contribution in [2.45, 2.75) is 43.8 Å². The van der Waals surface area contributed by atoms with Crippen LogP contribution in [0.2, 0.25) is 5.02 Å². The minimum absolute atomic E-state index is 0.115. The van der Waals surface area contributed by atoms with Crippen molar-refractivity contribution in [3.8, 4) is 11.3 Å². The van der Waals surface area contributed by atoms with Gasteiger partial charge in [0.1, 0.15) is 0 Å². The Hall–Kier alpha value is -2.37. The van der Waals surface area contributed by atoms with E-state index >= 15 is 0 Å². The minimum atomic E-state index is 0.115. The number of anilines is 1. The molecule has 2 aliphatic heterocycles. The molecule has 2 fully saturated rings. The van der Waals surface area contributed by atoms with Crippen LogP contribution in [-0.2, 0) is 0 Å². The van der Waals surface area contributed by atoms with Crippen LogP contribution in [0.5, 0.6) is 0 Å². The molecular weight excluding hydrogens is 414 g/mol. The third kappa shape index (κ3) is 3.50. The van der Waals surface area contributed by atoms with Gasteiger partial charge in [-0.1, -0.05) is 48.0 Å². The molecule has 2 atom stereocenters. The standard InChI is InChI=1S/C24H24ClN3OS/c1-27(23(29)16-7-3-2-4-8-16)19-13-17-11-12-18(14-19)28(17)24-26-22(15-30-24)20-9-5-6-10-21(20)25/h2-10,15,17-19H,11-14H2,1H3. The van der Waals surface area contributed by atoms with Gasteiger partial charge in [0.15, 0.2) is 5.13 Å². The van der Waals surface area contributed by atoms with E-state index in [4.69, 9.17) is 16.6 Å². The third-order valence-corrected chi connectivity index (χ3v) is 7.64. The lowest BCUT2D eigenvalue weighted by Crippen LogP contribution is -2.51. The number of benzene rings is 2. The molecule has 1 amide bonds. The van der Waals surface area contributed by atoms with Crippen LogP contribution < -0.4 is 4.90 Å². The fraction of sp³-hybridized carbons (Fsp3) is 0.333. The molecule has 1 aromatic heterocycles. The average Bonchev–Trinajstić information content (AvgIpc) is 3.35. The van der Waals surface area contributed by atoms with E-state index in [0.717, 1.165) is 52.7 Å². The lowest BCUT2D eigenvalue weighted by atomic mass is 9.96. The molecule has 0 saturated carbocycles. The number of fused-ring (bicyclic) bond motifs is 2. The number of aromatic nitrogens is 1. The highest BCUT2D eigenvalue weighted by Gasteiger charge is 2.43. The fourth-order valence-electron chi connectivity index (χ4n) is 4.90. The van der Waals surface area contributed by atoms with Crippen molar-refractivity contribution in [2.75, 3.05) is 11.9 Å². The molecule has 3 aromatic rings. The number of hydrogen-bond acceptors (Lipinski definition) is 4. The number of hydrogen-bond donors (Lipinski definition) is 0. The largest absolute Gasteiger partial charge is 0.342 e. The number of rotatable bonds is 4. The molecule has 2 unspecified atom stereocenters. The van der Waals surface area contributed by atoms with Gasteiger partial charge in [0.05, 0.1) is 5.69 Å². The fourth-order valence-corrected chi connectivity index (χ4v) is 6.10. The second kappa shape index (κ2) is 8.05. The van der Waals surface area contributed by atoms with Crippen molar-refractivity contribution in [3.05, 3.63) is 70.6 Å². The van der Waals surface area contributed by atoms with Crippen molar-refractivity contribution in [2.24, 2.45) is 0 Å². The van der Waals surface area contributed by atoms with Crippen LogP contribution >= 0.6 is 22.9 Å². The smallest absolute Gasteiger partial charge is 0.253 e. The summed E-state index contributed by atoms with van der Waals surface area (Å²) >= 11 is 8.07. The molecule has 0 aliphatic carbocycles. The zero-order valence-electron chi connectivity index (χ0n) is 16.9. The quantitative estimate of drug-likeness (QED) is 0.522. The summed E-state index contributed by atoms with van der Waals surface area (Å²) in [7, 11) is 1.95. The summed E-state index contributed by atoms with van der Waals surface area (Å²) in [6, 6.07) is 18.6. The summed E-state index contributed by atoms with van der Waals surface area (Å²) in [5.41, 5.74) is 2.69. The molecule has 0 radical (unpaired) electrons. The Morgan fingerprint density at radius 1 is 1.07 bits per heavy atom. The van der Waals surface area contributed by atoms with Gasteiger partial charge in [0.2, 0.25) is 0 Å². The van der Waals surface area contributed by atoms with E-state index in [-0.39, 0.29) is 11.9 Å². The second-order valence-electron chi connectivity index (χ2n) is 8.19. The van der Waals surface area contributed by atoms with Gasteiger partial charge >= 0.3 is 0 Å². The Balaban J connectivity index is 1.33. The molecule has 2 saturated heterocycles. The maximum Gasteiger partial charge on any atom is 0.253 e. The molecule has 2 aromatic carbocycles. The molecule has 2 aliphatic rings. The first kappa shape index (κ1) is 19.6. The van der Waals surface area contributed by atoms with Crippen molar-refractivity contribution >= 4 is 34.0 Å². The van der Waals surface area contributed by atoms with Gasteiger partial charge in [-0.25, -0.2) is 4.98 Å². The van der Waals surface area contributed by atoms with E-state index in [0.29, 0.717) is 12.1 Å². The monoisotopic (exact) mass is 437 g/mol. The van der Waals surface area contributed by atoms with Crippen molar-refractivity contribution in [1.29, 1.82) is 0 Å². The van der Waals surface area contributed by atoms with Gasteiger partial charge < -0.3 is 9.80 Å². The first-order valence-electron chi connectivity index (χ1n) is 10.4. The Morgan fingerprint density at radius 2 is 1.73 bits per heavy atom. The Labute approximate surface area is 186 Å². The summed E-state index contributed by atoms with van der Waals surface area (Å²) in [5.74, 6) is 0.115. The minimum Gasteiger partial charge on any atom is -0.342 e. The van der Waals surface area contributed by atoms with E-state index in [1.807, 2.05) is 66.5 Å². The van der Waals surface area contributed by atoms with E-state index in [9.17, 15) is 4.79 Å². The normalized spacial score (nSPS) is 22.9. The molecule has 5 rings (SSSR count).